The van der Waals surface area contributed by atoms with Crippen LogP contribution in [-0.4, -0.2) is 47.1 Å². The highest BCUT2D eigenvalue weighted by molar-refractivity contribution is 7.80. The number of rotatable bonds is 4. The monoisotopic (exact) mass is 250 g/mol. The number of nitrogens with zero attached hydrogens (tertiary/aromatic N) is 1. The van der Waals surface area contributed by atoms with E-state index >= 15 is 0 Å². The molecule has 0 saturated carbocycles. The molecule has 1 unspecified atom stereocenters. The van der Waals surface area contributed by atoms with Crippen molar-refractivity contribution in [2.75, 3.05) is 14.1 Å². The van der Waals surface area contributed by atoms with Crippen LogP contribution in [0.4, 0.5) is 4.79 Å². The minimum absolute atomic E-state index is 0.0940. The Balaban J connectivity index is 4.45. The third-order valence-electron chi connectivity index (χ3n) is 2.06. The lowest BCUT2D eigenvalue weighted by molar-refractivity contribution is -0.826. The topological polar surface area (TPSA) is 80.7 Å². The maximum absolute atomic E-state index is 11.5. The average molecular weight is 250 g/mol. The van der Waals surface area contributed by atoms with Gasteiger partial charge in [0.2, 0.25) is 0 Å². The van der Waals surface area contributed by atoms with Gasteiger partial charge in [-0.25, -0.2) is 4.48 Å². The SMILES string of the molecule is CC(=O)OC(=O)[N+](C)(C)C(S)CCC(=O)O. The van der Waals surface area contributed by atoms with E-state index in [9.17, 15) is 14.4 Å². The van der Waals surface area contributed by atoms with E-state index < -0.39 is 23.4 Å². The standard InChI is InChI=1S/C9H15NO5S/c1-6(11)15-9(14)10(2,3)7(16)4-5-8(12)13/h7H,4-5H2,1-3H3,(H-,12,13,16)/p+1. The molecule has 0 aromatic heterocycles. The van der Waals surface area contributed by atoms with E-state index in [2.05, 4.69) is 17.4 Å². The lowest BCUT2D eigenvalue weighted by Crippen LogP contribution is -2.51. The lowest BCUT2D eigenvalue weighted by Gasteiger charge is -2.30. The molecule has 6 nitrogen and oxygen atoms in total. The zero-order valence-corrected chi connectivity index (χ0v) is 10.4. The highest BCUT2D eigenvalue weighted by atomic mass is 32.1. The molecule has 0 aromatic carbocycles. The summed E-state index contributed by atoms with van der Waals surface area (Å²) >= 11 is 4.14. The highest BCUT2D eigenvalue weighted by Crippen LogP contribution is 2.18. The molecule has 0 spiro atoms. The van der Waals surface area contributed by atoms with Gasteiger partial charge in [-0.2, -0.15) is 4.79 Å². The molecule has 16 heavy (non-hydrogen) atoms. The molecule has 0 saturated heterocycles. The molecule has 0 aliphatic heterocycles. The number of quaternary nitrogens is 1. The number of hydrogen-bond donors (Lipinski definition) is 2. The summed E-state index contributed by atoms with van der Waals surface area (Å²) in [5.74, 6) is -1.66. The van der Waals surface area contributed by atoms with E-state index in [1.807, 2.05) is 0 Å². The predicted molar refractivity (Wildman–Crippen MR) is 58.9 cm³/mol. The van der Waals surface area contributed by atoms with Crippen molar-refractivity contribution in [2.45, 2.75) is 25.1 Å². The van der Waals surface area contributed by atoms with Gasteiger partial charge < -0.3 is 9.84 Å². The van der Waals surface area contributed by atoms with Crippen molar-refractivity contribution in [3.63, 3.8) is 0 Å². The van der Waals surface area contributed by atoms with Crippen LogP contribution in [0.3, 0.4) is 0 Å². The largest absolute Gasteiger partial charge is 0.524 e. The highest BCUT2D eigenvalue weighted by Gasteiger charge is 2.36. The number of carbonyl (C=O) groups excluding carboxylic acids is 2. The van der Waals surface area contributed by atoms with Crippen molar-refractivity contribution >= 4 is 30.7 Å². The summed E-state index contributed by atoms with van der Waals surface area (Å²) in [7, 11) is 3.01. The van der Waals surface area contributed by atoms with Gasteiger partial charge in [-0.05, 0) is 0 Å². The smallest absolute Gasteiger partial charge is 0.481 e. The molecule has 0 aliphatic carbocycles. The number of carboxylic acids is 1. The van der Waals surface area contributed by atoms with Gasteiger partial charge >= 0.3 is 18.0 Å². The van der Waals surface area contributed by atoms with Crippen LogP contribution in [0.15, 0.2) is 0 Å². The number of carbonyl (C=O) groups is 3. The van der Waals surface area contributed by atoms with Gasteiger partial charge in [0.25, 0.3) is 0 Å². The summed E-state index contributed by atoms with van der Waals surface area (Å²) in [5.41, 5.74) is 0. The first-order chi connectivity index (χ1) is 7.17. The number of hydrogen-bond acceptors (Lipinski definition) is 5. The van der Waals surface area contributed by atoms with Crippen molar-refractivity contribution < 1.29 is 28.7 Å². The molecule has 0 aliphatic rings. The first-order valence-electron chi connectivity index (χ1n) is 4.64. The van der Waals surface area contributed by atoms with Crippen molar-refractivity contribution in [1.29, 1.82) is 0 Å². The minimum atomic E-state index is -0.959. The van der Waals surface area contributed by atoms with Crippen LogP contribution in [0.1, 0.15) is 19.8 Å². The van der Waals surface area contributed by atoms with Crippen LogP contribution in [0, 0.1) is 0 Å². The third kappa shape index (κ3) is 4.63. The second kappa shape index (κ2) is 5.86. The van der Waals surface area contributed by atoms with Crippen molar-refractivity contribution in [3.05, 3.63) is 0 Å². The van der Waals surface area contributed by atoms with Gasteiger partial charge in [-0.3, -0.25) is 9.59 Å². The molecule has 0 radical (unpaired) electrons. The average Bonchev–Trinajstić information content (AvgIpc) is 2.12. The van der Waals surface area contributed by atoms with Crippen LogP contribution >= 0.6 is 12.6 Å². The Labute approximate surface area is 99.2 Å². The number of esters is 1. The molecule has 1 amide bonds. The molecule has 1 atom stereocenters. The quantitative estimate of drug-likeness (QED) is 0.254. The second-order valence-corrected chi connectivity index (χ2v) is 4.41. The van der Waals surface area contributed by atoms with Crippen molar-refractivity contribution in [3.8, 4) is 0 Å². The maximum atomic E-state index is 11.5. The molecule has 0 heterocycles. The third-order valence-corrected chi connectivity index (χ3v) is 2.90. The van der Waals surface area contributed by atoms with E-state index in [-0.39, 0.29) is 17.3 Å². The Morgan fingerprint density at radius 1 is 1.38 bits per heavy atom. The van der Waals surface area contributed by atoms with Gasteiger partial charge in [0.1, 0.15) is 5.37 Å². The van der Waals surface area contributed by atoms with Crippen LogP contribution in [0.2, 0.25) is 0 Å². The fourth-order valence-electron chi connectivity index (χ4n) is 0.938. The molecule has 0 aromatic rings. The number of carboxylic acid groups (broad SMARTS) is 1. The Kier molecular flexibility index (Phi) is 5.46. The maximum Gasteiger partial charge on any atom is 0.524 e. The van der Waals surface area contributed by atoms with E-state index in [4.69, 9.17) is 5.11 Å². The fraction of sp³-hybridized carbons (Fsp3) is 0.667. The molecule has 0 rings (SSSR count). The van der Waals surface area contributed by atoms with Gasteiger partial charge in [-0.15, -0.1) is 12.6 Å². The molecule has 1 N–H and O–H groups in total. The lowest BCUT2D eigenvalue weighted by atomic mass is 10.3. The summed E-state index contributed by atoms with van der Waals surface area (Å²) in [5, 5.41) is 7.96. The van der Waals surface area contributed by atoms with E-state index in [1.54, 1.807) is 0 Å². The Bertz CT molecular complexity index is 302. The van der Waals surface area contributed by atoms with Gasteiger partial charge in [0, 0.05) is 13.3 Å². The zero-order valence-electron chi connectivity index (χ0n) is 9.47. The molecule has 0 bridgehead atoms. The normalized spacial score (nSPS) is 13.0. The van der Waals surface area contributed by atoms with E-state index in [0.717, 1.165) is 6.92 Å². The van der Waals surface area contributed by atoms with Crippen molar-refractivity contribution in [2.24, 2.45) is 0 Å². The Hall–Kier alpha value is -1.08. The molecular weight excluding hydrogens is 234 g/mol. The molecule has 92 valence electrons. The zero-order chi connectivity index (χ0) is 12.9. The van der Waals surface area contributed by atoms with E-state index in [1.165, 1.54) is 14.1 Å². The van der Waals surface area contributed by atoms with Crippen LogP contribution < -0.4 is 0 Å². The number of thiol groups is 1. The van der Waals surface area contributed by atoms with Gasteiger partial charge in [0.15, 0.2) is 0 Å². The summed E-state index contributed by atoms with van der Waals surface area (Å²) in [4.78, 5) is 32.5. The van der Waals surface area contributed by atoms with Crippen LogP contribution in [0.5, 0.6) is 0 Å². The summed E-state index contributed by atoms with van der Waals surface area (Å²) in [6, 6.07) is 0. The van der Waals surface area contributed by atoms with Crippen LogP contribution in [-0.2, 0) is 14.3 Å². The van der Waals surface area contributed by atoms with Gasteiger partial charge in [0.05, 0.1) is 20.5 Å². The minimum Gasteiger partial charge on any atom is -0.481 e. The first-order valence-corrected chi connectivity index (χ1v) is 5.16. The number of aliphatic carboxylic acids is 1. The molecule has 0 fully saturated rings. The van der Waals surface area contributed by atoms with Crippen molar-refractivity contribution in [1.82, 2.24) is 0 Å². The van der Waals surface area contributed by atoms with E-state index in [0.29, 0.717) is 0 Å². The molecular formula is C9H16NO5S+. The van der Waals surface area contributed by atoms with Crippen LogP contribution in [0.25, 0.3) is 0 Å². The summed E-state index contributed by atoms with van der Waals surface area (Å²) < 4.78 is 4.13. The fourth-order valence-corrected chi connectivity index (χ4v) is 1.16. The Morgan fingerprint density at radius 2 is 1.88 bits per heavy atom. The number of amides is 1. The number of ether oxygens (including phenoxy) is 1. The van der Waals surface area contributed by atoms with Gasteiger partial charge in [-0.1, -0.05) is 0 Å². The first kappa shape index (κ1) is 14.9. The second-order valence-electron chi connectivity index (χ2n) is 3.81. The predicted octanol–water partition coefficient (Wildman–Crippen LogP) is 0.867. The summed E-state index contributed by atoms with van der Waals surface area (Å²) in [6.07, 6.45) is -0.639. The summed E-state index contributed by atoms with van der Waals surface area (Å²) in [6.45, 7) is 1.13. The Morgan fingerprint density at radius 3 is 2.25 bits per heavy atom. The molecule has 7 heteroatoms.